The molecule has 0 saturated carbocycles. The van der Waals surface area contributed by atoms with Crippen molar-refractivity contribution in [1.82, 2.24) is 4.90 Å². The van der Waals surface area contributed by atoms with Crippen LogP contribution in [-0.2, 0) is 13.0 Å². The van der Waals surface area contributed by atoms with Gasteiger partial charge >= 0.3 is 0 Å². The minimum atomic E-state index is 0.0853. The van der Waals surface area contributed by atoms with E-state index in [4.69, 9.17) is 5.73 Å². The normalized spacial score (nSPS) is 13.4. The summed E-state index contributed by atoms with van der Waals surface area (Å²) in [5.74, 6) is 0.0853. The number of rotatable bonds is 2. The van der Waals surface area contributed by atoms with Crippen LogP contribution >= 0.6 is 0 Å². The maximum Gasteiger partial charge on any atom is 0.254 e. The van der Waals surface area contributed by atoms with Crippen molar-refractivity contribution in [2.75, 3.05) is 12.3 Å². The van der Waals surface area contributed by atoms with Crippen LogP contribution in [-0.4, -0.2) is 17.4 Å². The SMILES string of the molecule is Nc1ccc2c(c1)CCN(C(=O)c1ccc(-c3ccccc3)cc1)C2. The maximum atomic E-state index is 12.8. The molecule has 0 atom stereocenters. The van der Waals surface area contributed by atoms with E-state index in [1.54, 1.807) is 0 Å². The number of nitrogen functional groups attached to an aromatic ring is 1. The number of fused-ring (bicyclic) bond motifs is 1. The van der Waals surface area contributed by atoms with E-state index in [1.807, 2.05) is 65.6 Å². The van der Waals surface area contributed by atoms with Crippen LogP contribution in [0, 0.1) is 0 Å². The summed E-state index contributed by atoms with van der Waals surface area (Å²) in [4.78, 5) is 14.7. The first-order valence-electron chi connectivity index (χ1n) is 8.53. The molecule has 0 bridgehead atoms. The number of amides is 1. The summed E-state index contributed by atoms with van der Waals surface area (Å²) in [6.45, 7) is 1.38. The Morgan fingerprint density at radius 1 is 0.840 bits per heavy atom. The smallest absolute Gasteiger partial charge is 0.254 e. The van der Waals surface area contributed by atoms with Crippen molar-refractivity contribution in [1.29, 1.82) is 0 Å². The number of hydrogen-bond donors (Lipinski definition) is 1. The van der Waals surface area contributed by atoms with Crippen molar-refractivity contribution in [3.63, 3.8) is 0 Å². The van der Waals surface area contributed by atoms with Crippen molar-refractivity contribution >= 4 is 11.6 Å². The average Bonchev–Trinajstić information content (AvgIpc) is 2.68. The first-order chi connectivity index (χ1) is 12.2. The predicted molar refractivity (Wildman–Crippen MR) is 101 cm³/mol. The highest BCUT2D eigenvalue weighted by molar-refractivity contribution is 5.94. The fourth-order valence-corrected chi connectivity index (χ4v) is 3.36. The Bertz CT molecular complexity index is 901. The van der Waals surface area contributed by atoms with Crippen LogP contribution in [0.25, 0.3) is 11.1 Å². The van der Waals surface area contributed by atoms with E-state index in [0.29, 0.717) is 6.54 Å². The number of carbonyl (C=O) groups excluding carboxylic acids is 1. The van der Waals surface area contributed by atoms with E-state index in [0.717, 1.165) is 35.3 Å². The van der Waals surface area contributed by atoms with E-state index in [2.05, 4.69) is 12.1 Å². The van der Waals surface area contributed by atoms with Crippen LogP contribution in [0.4, 0.5) is 5.69 Å². The molecule has 0 fully saturated rings. The highest BCUT2D eigenvalue weighted by Gasteiger charge is 2.21. The van der Waals surface area contributed by atoms with Gasteiger partial charge in [-0.1, -0.05) is 48.5 Å². The second kappa shape index (κ2) is 6.44. The van der Waals surface area contributed by atoms with E-state index in [-0.39, 0.29) is 5.91 Å². The number of benzene rings is 3. The molecular weight excluding hydrogens is 308 g/mol. The Morgan fingerprint density at radius 2 is 1.56 bits per heavy atom. The van der Waals surface area contributed by atoms with E-state index >= 15 is 0 Å². The Balaban J connectivity index is 1.52. The molecule has 0 spiro atoms. The van der Waals surface area contributed by atoms with Crippen LogP contribution in [0.2, 0.25) is 0 Å². The zero-order valence-electron chi connectivity index (χ0n) is 14.0. The van der Waals surface area contributed by atoms with E-state index in [9.17, 15) is 4.79 Å². The Morgan fingerprint density at radius 3 is 2.32 bits per heavy atom. The molecule has 3 aromatic rings. The number of nitrogens with two attached hydrogens (primary N) is 1. The van der Waals surface area contributed by atoms with Crippen molar-refractivity contribution in [3.8, 4) is 11.1 Å². The third-order valence-corrected chi connectivity index (χ3v) is 4.77. The second-order valence-corrected chi connectivity index (χ2v) is 6.45. The molecule has 0 radical (unpaired) electrons. The first kappa shape index (κ1) is 15.5. The van der Waals surface area contributed by atoms with Gasteiger partial charge in [-0.3, -0.25) is 4.79 Å². The van der Waals surface area contributed by atoms with Gasteiger partial charge in [0.1, 0.15) is 0 Å². The molecule has 1 aliphatic rings. The molecule has 1 amide bonds. The van der Waals surface area contributed by atoms with Gasteiger partial charge in [0.2, 0.25) is 0 Å². The molecule has 25 heavy (non-hydrogen) atoms. The van der Waals surface area contributed by atoms with Crippen LogP contribution in [0.15, 0.2) is 72.8 Å². The molecule has 3 nitrogen and oxygen atoms in total. The maximum absolute atomic E-state index is 12.8. The molecular formula is C22H20N2O. The molecule has 2 N–H and O–H groups in total. The predicted octanol–water partition coefficient (Wildman–Crippen LogP) is 4.13. The Hall–Kier alpha value is -3.07. The molecule has 124 valence electrons. The lowest BCUT2D eigenvalue weighted by Gasteiger charge is -2.29. The van der Waals surface area contributed by atoms with Gasteiger partial charge in [0.25, 0.3) is 5.91 Å². The van der Waals surface area contributed by atoms with Crippen LogP contribution in [0.3, 0.4) is 0 Å². The highest BCUT2D eigenvalue weighted by atomic mass is 16.2. The zero-order valence-corrected chi connectivity index (χ0v) is 14.0. The topological polar surface area (TPSA) is 46.3 Å². The molecule has 3 heteroatoms. The minimum Gasteiger partial charge on any atom is -0.399 e. The lowest BCUT2D eigenvalue weighted by atomic mass is 9.98. The quantitative estimate of drug-likeness (QED) is 0.719. The number of carbonyl (C=O) groups is 1. The second-order valence-electron chi connectivity index (χ2n) is 6.45. The summed E-state index contributed by atoms with van der Waals surface area (Å²) in [5.41, 5.74) is 12.1. The summed E-state index contributed by atoms with van der Waals surface area (Å²) < 4.78 is 0. The van der Waals surface area contributed by atoms with Crippen molar-refractivity contribution in [2.24, 2.45) is 0 Å². The first-order valence-corrected chi connectivity index (χ1v) is 8.53. The summed E-state index contributed by atoms with van der Waals surface area (Å²) in [6, 6.07) is 24.0. The van der Waals surface area contributed by atoms with Crippen molar-refractivity contribution in [3.05, 3.63) is 89.5 Å². The molecule has 1 heterocycles. The molecule has 3 aromatic carbocycles. The Kier molecular flexibility index (Phi) is 3.98. The largest absolute Gasteiger partial charge is 0.399 e. The van der Waals surface area contributed by atoms with Gasteiger partial charge in [0, 0.05) is 24.3 Å². The average molecular weight is 328 g/mol. The fraction of sp³-hybridized carbons (Fsp3) is 0.136. The Labute approximate surface area is 147 Å². The summed E-state index contributed by atoms with van der Waals surface area (Å²) in [6.07, 6.45) is 0.855. The van der Waals surface area contributed by atoms with Gasteiger partial charge in [-0.25, -0.2) is 0 Å². The summed E-state index contributed by atoms with van der Waals surface area (Å²) in [5, 5.41) is 0. The lowest BCUT2D eigenvalue weighted by Crippen LogP contribution is -2.35. The van der Waals surface area contributed by atoms with E-state index < -0.39 is 0 Å². The third-order valence-electron chi connectivity index (χ3n) is 4.77. The number of nitrogens with zero attached hydrogens (tertiary/aromatic N) is 1. The summed E-state index contributed by atoms with van der Waals surface area (Å²) in [7, 11) is 0. The molecule has 1 aliphatic heterocycles. The van der Waals surface area contributed by atoms with Crippen LogP contribution in [0.1, 0.15) is 21.5 Å². The monoisotopic (exact) mass is 328 g/mol. The number of hydrogen-bond acceptors (Lipinski definition) is 2. The lowest BCUT2D eigenvalue weighted by molar-refractivity contribution is 0.0735. The van der Waals surface area contributed by atoms with Crippen molar-refractivity contribution < 1.29 is 4.79 Å². The van der Waals surface area contributed by atoms with Gasteiger partial charge in [-0.15, -0.1) is 0 Å². The third kappa shape index (κ3) is 3.13. The van der Waals surface area contributed by atoms with Crippen molar-refractivity contribution in [2.45, 2.75) is 13.0 Å². The molecule has 0 saturated heterocycles. The number of anilines is 1. The molecule has 0 unspecified atom stereocenters. The fourth-order valence-electron chi connectivity index (χ4n) is 3.36. The van der Waals surface area contributed by atoms with Gasteiger partial charge < -0.3 is 10.6 Å². The van der Waals surface area contributed by atoms with Crippen LogP contribution < -0.4 is 5.73 Å². The summed E-state index contributed by atoms with van der Waals surface area (Å²) >= 11 is 0. The zero-order chi connectivity index (χ0) is 17.2. The van der Waals surface area contributed by atoms with Gasteiger partial charge in [0.05, 0.1) is 0 Å². The van der Waals surface area contributed by atoms with Crippen LogP contribution in [0.5, 0.6) is 0 Å². The molecule has 0 aromatic heterocycles. The highest BCUT2D eigenvalue weighted by Crippen LogP contribution is 2.24. The van der Waals surface area contributed by atoms with Gasteiger partial charge in [0.15, 0.2) is 0 Å². The minimum absolute atomic E-state index is 0.0853. The molecule has 0 aliphatic carbocycles. The molecule has 4 rings (SSSR count). The van der Waals surface area contributed by atoms with E-state index in [1.165, 1.54) is 11.1 Å². The van der Waals surface area contributed by atoms with Gasteiger partial charge in [-0.2, -0.15) is 0 Å². The standard InChI is InChI=1S/C22H20N2O/c23-21-11-10-20-15-24(13-12-19(20)14-21)22(25)18-8-6-17(7-9-18)16-4-2-1-3-5-16/h1-11,14H,12-13,15,23H2. The van der Waals surface area contributed by atoms with Gasteiger partial charge in [-0.05, 0) is 52.9 Å².